The van der Waals surface area contributed by atoms with E-state index in [1.165, 1.54) is 0 Å². The zero-order valence-corrected chi connectivity index (χ0v) is 12.8. The van der Waals surface area contributed by atoms with Gasteiger partial charge in [0.25, 0.3) is 0 Å². The van der Waals surface area contributed by atoms with Gasteiger partial charge in [0.05, 0.1) is 18.8 Å². The van der Waals surface area contributed by atoms with Gasteiger partial charge in [0.15, 0.2) is 11.5 Å². The summed E-state index contributed by atoms with van der Waals surface area (Å²) < 4.78 is 11.6. The molecule has 0 unspecified atom stereocenters. The van der Waals surface area contributed by atoms with E-state index in [9.17, 15) is 5.11 Å². The van der Waals surface area contributed by atoms with Gasteiger partial charge in [0.1, 0.15) is 0 Å². The van der Waals surface area contributed by atoms with Crippen LogP contribution in [0.1, 0.15) is 37.7 Å². The van der Waals surface area contributed by atoms with Crippen molar-refractivity contribution < 1.29 is 14.6 Å². The lowest BCUT2D eigenvalue weighted by molar-refractivity contribution is 0.0143. The fourth-order valence-electron chi connectivity index (χ4n) is 3.42. The summed E-state index contributed by atoms with van der Waals surface area (Å²) in [5, 5.41) is 10.5. The highest BCUT2D eigenvalue weighted by Crippen LogP contribution is 2.35. The van der Waals surface area contributed by atoms with Crippen LogP contribution in [-0.2, 0) is 6.54 Å². The minimum absolute atomic E-state index is 0.502. The van der Waals surface area contributed by atoms with Gasteiger partial charge >= 0.3 is 0 Å². The van der Waals surface area contributed by atoms with Crippen LogP contribution in [0.25, 0.3) is 0 Å². The first-order valence-corrected chi connectivity index (χ1v) is 7.95. The molecule has 116 valence electrons. The van der Waals surface area contributed by atoms with Crippen LogP contribution < -0.4 is 9.47 Å². The standard InChI is InChI=1S/C17H25NO3/c1-18(13-17(19)8-2-3-9-17)12-14-6-4-7-15-16(14)21-11-5-10-20-15/h4,6-7,19H,2-3,5,8-13H2,1H3. The summed E-state index contributed by atoms with van der Waals surface area (Å²) in [4.78, 5) is 2.19. The molecule has 1 aromatic carbocycles. The van der Waals surface area contributed by atoms with E-state index in [0.717, 1.165) is 62.3 Å². The Balaban J connectivity index is 1.69. The molecule has 0 radical (unpaired) electrons. The Kier molecular flexibility index (Phi) is 4.36. The lowest BCUT2D eigenvalue weighted by Gasteiger charge is -2.29. The number of likely N-dealkylation sites (N-methyl/N-ethyl adjacent to an activating group) is 1. The van der Waals surface area contributed by atoms with Crippen molar-refractivity contribution in [3.8, 4) is 11.5 Å². The van der Waals surface area contributed by atoms with E-state index in [1.807, 2.05) is 12.1 Å². The van der Waals surface area contributed by atoms with Crippen molar-refractivity contribution in [2.45, 2.75) is 44.2 Å². The zero-order chi connectivity index (χ0) is 14.7. The van der Waals surface area contributed by atoms with Gasteiger partial charge in [-0.3, -0.25) is 4.90 Å². The molecule has 1 aliphatic heterocycles. The number of para-hydroxylation sites is 1. The molecule has 1 fully saturated rings. The number of hydrogen-bond acceptors (Lipinski definition) is 4. The molecule has 1 heterocycles. The fourth-order valence-corrected chi connectivity index (χ4v) is 3.42. The predicted octanol–water partition coefficient (Wildman–Crippen LogP) is 2.58. The smallest absolute Gasteiger partial charge is 0.165 e. The third-order valence-electron chi connectivity index (χ3n) is 4.39. The van der Waals surface area contributed by atoms with Crippen molar-refractivity contribution >= 4 is 0 Å². The molecule has 0 amide bonds. The highest BCUT2D eigenvalue weighted by Gasteiger charge is 2.32. The monoisotopic (exact) mass is 291 g/mol. The number of nitrogens with zero attached hydrogens (tertiary/aromatic N) is 1. The quantitative estimate of drug-likeness (QED) is 0.926. The predicted molar refractivity (Wildman–Crippen MR) is 81.8 cm³/mol. The van der Waals surface area contributed by atoms with E-state index in [0.29, 0.717) is 13.2 Å². The molecule has 1 N–H and O–H groups in total. The summed E-state index contributed by atoms with van der Waals surface area (Å²) in [6, 6.07) is 6.07. The van der Waals surface area contributed by atoms with Crippen LogP contribution in [0.5, 0.6) is 11.5 Å². The molecule has 0 saturated heterocycles. The second-order valence-electron chi connectivity index (χ2n) is 6.40. The first kappa shape index (κ1) is 14.7. The molecule has 0 bridgehead atoms. The van der Waals surface area contributed by atoms with Gasteiger partial charge in [-0.15, -0.1) is 0 Å². The van der Waals surface area contributed by atoms with Crippen LogP contribution >= 0.6 is 0 Å². The summed E-state index contributed by atoms with van der Waals surface area (Å²) in [6.07, 6.45) is 5.04. The normalized spacial score (nSPS) is 20.5. The van der Waals surface area contributed by atoms with Gasteiger partial charge in [0, 0.05) is 25.1 Å². The van der Waals surface area contributed by atoms with E-state index in [4.69, 9.17) is 9.47 Å². The Morgan fingerprint density at radius 3 is 2.71 bits per heavy atom. The van der Waals surface area contributed by atoms with Crippen LogP contribution in [0.15, 0.2) is 18.2 Å². The lowest BCUT2D eigenvalue weighted by Crippen LogP contribution is -2.38. The first-order valence-electron chi connectivity index (χ1n) is 7.95. The van der Waals surface area contributed by atoms with Crippen LogP contribution in [-0.4, -0.2) is 42.4 Å². The Morgan fingerprint density at radius 1 is 1.14 bits per heavy atom. The van der Waals surface area contributed by atoms with Gasteiger partial charge in [-0.05, 0) is 26.0 Å². The summed E-state index contributed by atoms with van der Waals surface area (Å²) in [6.45, 7) is 2.91. The highest BCUT2D eigenvalue weighted by molar-refractivity contribution is 5.47. The first-order chi connectivity index (χ1) is 10.2. The van der Waals surface area contributed by atoms with Crippen LogP contribution in [0, 0.1) is 0 Å². The second kappa shape index (κ2) is 6.24. The average Bonchev–Trinajstić information content (AvgIpc) is 2.73. The van der Waals surface area contributed by atoms with E-state index in [2.05, 4.69) is 18.0 Å². The van der Waals surface area contributed by atoms with Crippen molar-refractivity contribution in [1.82, 2.24) is 4.90 Å². The topological polar surface area (TPSA) is 41.9 Å². The third kappa shape index (κ3) is 3.50. The van der Waals surface area contributed by atoms with E-state index < -0.39 is 5.60 Å². The molecule has 3 rings (SSSR count). The molecule has 0 atom stereocenters. The van der Waals surface area contributed by atoms with E-state index in [1.54, 1.807) is 0 Å². The minimum Gasteiger partial charge on any atom is -0.490 e. The van der Waals surface area contributed by atoms with Gasteiger partial charge in [-0.2, -0.15) is 0 Å². The number of ether oxygens (including phenoxy) is 2. The van der Waals surface area contributed by atoms with E-state index >= 15 is 0 Å². The molecule has 1 saturated carbocycles. The van der Waals surface area contributed by atoms with Gasteiger partial charge in [-0.25, -0.2) is 0 Å². The number of fused-ring (bicyclic) bond motifs is 1. The maximum atomic E-state index is 10.5. The Bertz CT molecular complexity index is 483. The Labute approximate surface area is 126 Å². The summed E-state index contributed by atoms with van der Waals surface area (Å²) >= 11 is 0. The summed E-state index contributed by atoms with van der Waals surface area (Å²) in [5.41, 5.74) is 0.635. The van der Waals surface area contributed by atoms with Gasteiger partial charge < -0.3 is 14.6 Å². The number of rotatable bonds is 4. The molecule has 0 aromatic heterocycles. The molecule has 21 heavy (non-hydrogen) atoms. The molecular weight excluding hydrogens is 266 g/mol. The molecule has 1 aromatic rings. The van der Waals surface area contributed by atoms with Crippen LogP contribution in [0.3, 0.4) is 0 Å². The molecule has 1 aliphatic carbocycles. The molecule has 0 spiro atoms. The van der Waals surface area contributed by atoms with Crippen molar-refractivity contribution in [1.29, 1.82) is 0 Å². The maximum absolute atomic E-state index is 10.5. The van der Waals surface area contributed by atoms with Gasteiger partial charge in [0.2, 0.25) is 0 Å². The van der Waals surface area contributed by atoms with Crippen LogP contribution in [0.4, 0.5) is 0 Å². The number of benzene rings is 1. The number of hydrogen-bond donors (Lipinski definition) is 1. The highest BCUT2D eigenvalue weighted by atomic mass is 16.5. The zero-order valence-electron chi connectivity index (χ0n) is 12.8. The minimum atomic E-state index is -0.502. The van der Waals surface area contributed by atoms with E-state index in [-0.39, 0.29) is 0 Å². The third-order valence-corrected chi connectivity index (χ3v) is 4.39. The lowest BCUT2D eigenvalue weighted by atomic mass is 10.0. The summed E-state index contributed by atoms with van der Waals surface area (Å²) in [5.74, 6) is 1.72. The van der Waals surface area contributed by atoms with Crippen LogP contribution in [0.2, 0.25) is 0 Å². The van der Waals surface area contributed by atoms with Gasteiger partial charge in [-0.1, -0.05) is 25.0 Å². The Morgan fingerprint density at radius 2 is 1.90 bits per heavy atom. The Hall–Kier alpha value is -1.26. The van der Waals surface area contributed by atoms with Crippen molar-refractivity contribution in [3.05, 3.63) is 23.8 Å². The molecular formula is C17H25NO3. The molecule has 4 nitrogen and oxygen atoms in total. The molecule has 2 aliphatic rings. The number of aliphatic hydroxyl groups is 1. The largest absolute Gasteiger partial charge is 0.490 e. The fraction of sp³-hybridized carbons (Fsp3) is 0.647. The van der Waals surface area contributed by atoms with Crippen molar-refractivity contribution in [3.63, 3.8) is 0 Å². The second-order valence-corrected chi connectivity index (χ2v) is 6.40. The molecule has 4 heteroatoms. The maximum Gasteiger partial charge on any atom is 0.165 e. The van der Waals surface area contributed by atoms with Crippen molar-refractivity contribution in [2.24, 2.45) is 0 Å². The van der Waals surface area contributed by atoms with Crippen molar-refractivity contribution in [2.75, 3.05) is 26.8 Å². The average molecular weight is 291 g/mol. The SMILES string of the molecule is CN(Cc1cccc2c1OCCCO2)CC1(O)CCCC1. The summed E-state index contributed by atoms with van der Waals surface area (Å²) in [7, 11) is 2.06.